The molecule has 36 heavy (non-hydrogen) atoms. The molecule has 8 heteroatoms. The average Bonchev–Trinajstić information content (AvgIpc) is 2.81. The maximum Gasteiger partial charge on any atom is 0.407 e. The Morgan fingerprint density at radius 2 is 1.72 bits per heavy atom. The Labute approximate surface area is 218 Å². The highest BCUT2D eigenvalue weighted by molar-refractivity contribution is 9.10. The molecule has 0 aromatic heterocycles. The summed E-state index contributed by atoms with van der Waals surface area (Å²) in [4.78, 5) is 23.7. The molecule has 1 amide bonds. The summed E-state index contributed by atoms with van der Waals surface area (Å²) >= 11 is 3.50. The third kappa shape index (κ3) is 7.81. The number of amides is 1. The molecule has 0 saturated carbocycles. The third-order valence-corrected chi connectivity index (χ3v) is 5.56. The second-order valence-corrected chi connectivity index (χ2v) is 10.0. The standard InChI is InChI=1S/C28H29BrFNO5/c1-28(2,3)36-27(33)31-16-20-9-7-10-23(26(20)30)21-12-18(13-22(29)14-21)17-35-24-11-6-5-8-19(24)15-25(32)34-4/h5-14H,15-17H2,1-4H3,(H,31,33). The van der Waals surface area contributed by atoms with Crippen molar-refractivity contribution < 1.29 is 28.2 Å². The molecule has 6 nitrogen and oxygen atoms in total. The molecule has 3 aromatic carbocycles. The van der Waals surface area contributed by atoms with E-state index in [1.54, 1.807) is 45.0 Å². The normalized spacial score (nSPS) is 11.1. The first kappa shape index (κ1) is 27.2. The fourth-order valence-electron chi connectivity index (χ4n) is 3.49. The van der Waals surface area contributed by atoms with Crippen LogP contribution < -0.4 is 10.1 Å². The van der Waals surface area contributed by atoms with E-state index in [1.807, 2.05) is 36.4 Å². The Morgan fingerprint density at radius 1 is 1.00 bits per heavy atom. The van der Waals surface area contributed by atoms with Gasteiger partial charge in [-0.3, -0.25) is 4.79 Å². The van der Waals surface area contributed by atoms with Crippen molar-refractivity contribution in [1.29, 1.82) is 0 Å². The van der Waals surface area contributed by atoms with E-state index >= 15 is 4.39 Å². The fourth-order valence-corrected chi connectivity index (χ4v) is 4.03. The number of benzene rings is 3. The van der Waals surface area contributed by atoms with Crippen molar-refractivity contribution in [2.24, 2.45) is 0 Å². The number of ether oxygens (including phenoxy) is 3. The summed E-state index contributed by atoms with van der Waals surface area (Å²) in [6.45, 7) is 5.50. The SMILES string of the molecule is COC(=O)Cc1ccccc1OCc1cc(Br)cc(-c2cccc(CNC(=O)OC(C)(C)C)c2F)c1. The summed E-state index contributed by atoms with van der Waals surface area (Å²) in [5.41, 5.74) is 2.28. The van der Waals surface area contributed by atoms with Gasteiger partial charge >= 0.3 is 12.1 Å². The zero-order valence-electron chi connectivity index (χ0n) is 20.7. The van der Waals surface area contributed by atoms with Gasteiger partial charge in [-0.2, -0.15) is 0 Å². The number of esters is 1. The summed E-state index contributed by atoms with van der Waals surface area (Å²) < 4.78 is 32.1. The molecule has 0 aliphatic carbocycles. The molecule has 0 radical (unpaired) electrons. The lowest BCUT2D eigenvalue weighted by atomic mass is 10.00. The Kier molecular flexibility index (Phi) is 9.09. The van der Waals surface area contributed by atoms with Gasteiger partial charge in [-0.05, 0) is 56.2 Å². The number of para-hydroxylation sites is 1. The summed E-state index contributed by atoms with van der Waals surface area (Å²) in [6.07, 6.45) is -0.507. The van der Waals surface area contributed by atoms with Crippen molar-refractivity contribution in [3.05, 3.63) is 87.6 Å². The number of carbonyl (C=O) groups is 2. The second-order valence-electron chi connectivity index (χ2n) is 9.13. The Morgan fingerprint density at radius 3 is 2.44 bits per heavy atom. The first-order valence-corrected chi connectivity index (χ1v) is 12.2. The number of carbonyl (C=O) groups excluding carboxylic acids is 2. The van der Waals surface area contributed by atoms with Gasteiger partial charge in [0.05, 0.1) is 13.5 Å². The minimum atomic E-state index is -0.640. The molecule has 3 aromatic rings. The number of rotatable bonds is 8. The third-order valence-electron chi connectivity index (χ3n) is 5.10. The molecule has 190 valence electrons. The van der Waals surface area contributed by atoms with E-state index in [-0.39, 0.29) is 25.5 Å². The lowest BCUT2D eigenvalue weighted by molar-refractivity contribution is -0.139. The predicted octanol–water partition coefficient (Wildman–Crippen LogP) is 6.57. The smallest absolute Gasteiger partial charge is 0.407 e. The highest BCUT2D eigenvalue weighted by atomic mass is 79.9. The molecule has 0 spiro atoms. The number of alkyl carbamates (subject to hydrolysis) is 1. The number of nitrogens with one attached hydrogen (secondary N) is 1. The number of hydrogen-bond donors (Lipinski definition) is 1. The van der Waals surface area contributed by atoms with Crippen LogP contribution in [0, 0.1) is 5.82 Å². The Hall–Kier alpha value is -3.39. The van der Waals surface area contributed by atoms with Crippen molar-refractivity contribution in [3.63, 3.8) is 0 Å². The number of halogens is 2. The summed E-state index contributed by atoms with van der Waals surface area (Å²) in [5, 5.41) is 2.60. The first-order valence-electron chi connectivity index (χ1n) is 11.4. The van der Waals surface area contributed by atoms with Crippen molar-refractivity contribution in [3.8, 4) is 16.9 Å². The van der Waals surface area contributed by atoms with E-state index in [1.165, 1.54) is 7.11 Å². The molecule has 3 rings (SSSR count). The Balaban J connectivity index is 1.78. The second kappa shape index (κ2) is 12.0. The van der Waals surface area contributed by atoms with Gasteiger partial charge in [-0.15, -0.1) is 0 Å². The van der Waals surface area contributed by atoms with Gasteiger partial charge in [0, 0.05) is 27.7 Å². The van der Waals surface area contributed by atoms with Crippen LogP contribution in [-0.2, 0) is 33.8 Å². The first-order chi connectivity index (χ1) is 17.1. The maximum absolute atomic E-state index is 15.4. The van der Waals surface area contributed by atoms with E-state index in [2.05, 4.69) is 21.2 Å². The van der Waals surface area contributed by atoms with Gasteiger partial charge in [0.1, 0.15) is 23.8 Å². The maximum atomic E-state index is 15.4. The quantitative estimate of drug-likeness (QED) is 0.317. The van der Waals surface area contributed by atoms with Gasteiger partial charge in [0.25, 0.3) is 0 Å². The number of methoxy groups -OCH3 is 1. The van der Waals surface area contributed by atoms with Crippen LogP contribution in [0.5, 0.6) is 5.75 Å². The molecule has 0 fully saturated rings. The zero-order valence-corrected chi connectivity index (χ0v) is 22.3. The van der Waals surface area contributed by atoms with Crippen LogP contribution in [0.3, 0.4) is 0 Å². The van der Waals surface area contributed by atoms with Crippen molar-refractivity contribution in [2.75, 3.05) is 7.11 Å². The largest absolute Gasteiger partial charge is 0.489 e. The van der Waals surface area contributed by atoms with Crippen molar-refractivity contribution >= 4 is 28.0 Å². The van der Waals surface area contributed by atoms with Crippen LogP contribution in [-0.4, -0.2) is 24.8 Å². The number of hydrogen-bond acceptors (Lipinski definition) is 5. The van der Waals surface area contributed by atoms with Crippen LogP contribution in [0.25, 0.3) is 11.1 Å². The highest BCUT2D eigenvalue weighted by Crippen LogP contribution is 2.30. The van der Waals surface area contributed by atoms with Gasteiger partial charge in [-0.1, -0.05) is 52.3 Å². The predicted molar refractivity (Wildman–Crippen MR) is 139 cm³/mol. The van der Waals surface area contributed by atoms with Crippen LogP contribution >= 0.6 is 15.9 Å². The molecule has 0 bridgehead atoms. The van der Waals surface area contributed by atoms with E-state index in [0.29, 0.717) is 22.4 Å². The van der Waals surface area contributed by atoms with Crippen molar-refractivity contribution in [2.45, 2.75) is 45.9 Å². The Bertz CT molecular complexity index is 1240. The van der Waals surface area contributed by atoms with Gasteiger partial charge < -0.3 is 19.5 Å². The van der Waals surface area contributed by atoms with Crippen LogP contribution in [0.1, 0.15) is 37.5 Å². The van der Waals surface area contributed by atoms with E-state index in [0.717, 1.165) is 15.6 Å². The summed E-state index contributed by atoms with van der Waals surface area (Å²) in [6, 6.07) is 17.9. The van der Waals surface area contributed by atoms with E-state index in [9.17, 15) is 9.59 Å². The molecule has 0 unspecified atom stereocenters. The molecule has 1 N–H and O–H groups in total. The monoisotopic (exact) mass is 557 g/mol. The van der Waals surface area contributed by atoms with Gasteiger partial charge in [0.15, 0.2) is 0 Å². The van der Waals surface area contributed by atoms with E-state index < -0.39 is 17.5 Å². The molecule has 0 aliphatic rings. The summed E-state index contributed by atoms with van der Waals surface area (Å²) in [5.74, 6) is -0.208. The molecule has 0 atom stereocenters. The lowest BCUT2D eigenvalue weighted by Gasteiger charge is -2.20. The topological polar surface area (TPSA) is 73.9 Å². The highest BCUT2D eigenvalue weighted by Gasteiger charge is 2.17. The minimum Gasteiger partial charge on any atom is -0.489 e. The molecule has 0 aliphatic heterocycles. The van der Waals surface area contributed by atoms with Gasteiger partial charge in [-0.25, -0.2) is 9.18 Å². The van der Waals surface area contributed by atoms with Crippen LogP contribution in [0.4, 0.5) is 9.18 Å². The lowest BCUT2D eigenvalue weighted by Crippen LogP contribution is -2.32. The molecular formula is C28H29BrFNO5. The fraction of sp³-hybridized carbons (Fsp3) is 0.286. The van der Waals surface area contributed by atoms with Gasteiger partial charge in [0.2, 0.25) is 0 Å². The van der Waals surface area contributed by atoms with Crippen molar-refractivity contribution in [1.82, 2.24) is 5.32 Å². The minimum absolute atomic E-state index is 0.00443. The molecular weight excluding hydrogens is 529 g/mol. The zero-order chi connectivity index (χ0) is 26.3. The molecule has 0 saturated heterocycles. The molecule has 0 heterocycles. The average molecular weight is 558 g/mol. The van der Waals surface area contributed by atoms with Crippen LogP contribution in [0.2, 0.25) is 0 Å². The summed E-state index contributed by atoms with van der Waals surface area (Å²) in [7, 11) is 1.34. The van der Waals surface area contributed by atoms with Crippen LogP contribution in [0.15, 0.2) is 65.1 Å². The van der Waals surface area contributed by atoms with E-state index in [4.69, 9.17) is 14.2 Å².